The van der Waals surface area contributed by atoms with Gasteiger partial charge in [0, 0.05) is 65.4 Å². The Labute approximate surface area is 169 Å². The second-order valence-electron chi connectivity index (χ2n) is 5.01. The van der Waals surface area contributed by atoms with Crippen LogP contribution < -0.4 is 0 Å². The van der Waals surface area contributed by atoms with E-state index in [9.17, 15) is 0 Å². The van der Waals surface area contributed by atoms with Crippen LogP contribution in [0.5, 0.6) is 0 Å². The molecular formula is C18H12Y2-2. The predicted molar refractivity (Wildman–Crippen MR) is 77.3 cm³/mol. The van der Waals surface area contributed by atoms with E-state index in [4.69, 9.17) is 0 Å². The van der Waals surface area contributed by atoms with Crippen LogP contribution in [0.25, 0.3) is 32.3 Å². The van der Waals surface area contributed by atoms with E-state index in [-0.39, 0.29) is 65.4 Å². The molecule has 4 rings (SSSR count). The van der Waals surface area contributed by atoms with Crippen LogP contribution in [0.4, 0.5) is 0 Å². The Morgan fingerprint density at radius 1 is 0.650 bits per heavy atom. The van der Waals surface area contributed by atoms with Crippen molar-refractivity contribution < 1.29 is 65.4 Å². The standard InChI is InChI=1S/C18H12.2Y/c1-11-3-5-13-8-10-16-12(2)4-6-14-7-9-15(11)17(13)18(14)16;;/h3-4,7-10H,1-2H3;;/q-2;;. The molecule has 0 saturated carbocycles. The monoisotopic (exact) mass is 406 g/mol. The van der Waals surface area contributed by atoms with E-state index in [0.29, 0.717) is 0 Å². The quantitative estimate of drug-likeness (QED) is 0.291. The average molecular weight is 406 g/mol. The van der Waals surface area contributed by atoms with Gasteiger partial charge in [0.15, 0.2) is 0 Å². The smallest absolute Gasteiger partial charge is 0 e. The molecule has 0 atom stereocenters. The van der Waals surface area contributed by atoms with Crippen LogP contribution in [0.3, 0.4) is 0 Å². The molecule has 0 amide bonds. The summed E-state index contributed by atoms with van der Waals surface area (Å²) in [7, 11) is 0. The Bertz CT molecular complexity index is 818. The maximum Gasteiger partial charge on any atom is 0 e. The Morgan fingerprint density at radius 3 is 1.45 bits per heavy atom. The van der Waals surface area contributed by atoms with E-state index in [0.717, 1.165) is 0 Å². The summed E-state index contributed by atoms with van der Waals surface area (Å²) >= 11 is 0. The molecule has 0 saturated heterocycles. The van der Waals surface area contributed by atoms with Gasteiger partial charge >= 0.3 is 0 Å². The molecule has 0 aliphatic carbocycles. The zero-order valence-electron chi connectivity index (χ0n) is 11.6. The van der Waals surface area contributed by atoms with E-state index in [1.165, 1.54) is 43.4 Å². The van der Waals surface area contributed by atoms with Gasteiger partial charge in [-0.1, -0.05) is 13.8 Å². The SMILES string of the molecule is Cc1c[c-]c2ccc3c(C)c[c-]c4ccc1c2c43.[Y].[Y]. The molecule has 92 valence electrons. The number of benzene rings is 4. The topological polar surface area (TPSA) is 0 Å². The van der Waals surface area contributed by atoms with Crippen LogP contribution in [0.15, 0.2) is 36.4 Å². The molecule has 4 aromatic rings. The molecule has 4 aromatic carbocycles. The Kier molecular flexibility index (Phi) is 5.02. The minimum atomic E-state index is 0. The van der Waals surface area contributed by atoms with Gasteiger partial charge in [0.25, 0.3) is 0 Å². The molecule has 2 radical (unpaired) electrons. The number of aryl methyl sites for hydroxylation is 2. The van der Waals surface area contributed by atoms with E-state index < -0.39 is 0 Å². The van der Waals surface area contributed by atoms with Crippen molar-refractivity contribution in [2.45, 2.75) is 13.8 Å². The summed E-state index contributed by atoms with van der Waals surface area (Å²) in [6, 6.07) is 19.7. The molecule has 0 aliphatic heterocycles. The minimum Gasteiger partial charge on any atom is -0.151 e. The third-order valence-corrected chi connectivity index (χ3v) is 3.90. The fourth-order valence-corrected chi connectivity index (χ4v) is 2.92. The van der Waals surface area contributed by atoms with Crippen molar-refractivity contribution in [2.24, 2.45) is 0 Å². The predicted octanol–water partition coefficient (Wildman–Crippen LogP) is 4.80. The third-order valence-electron chi connectivity index (χ3n) is 3.90. The molecule has 0 unspecified atom stereocenters. The first-order valence-corrected chi connectivity index (χ1v) is 6.23. The summed E-state index contributed by atoms with van der Waals surface area (Å²) in [5.41, 5.74) is 2.58. The third kappa shape index (κ3) is 2.30. The Morgan fingerprint density at radius 2 is 1.05 bits per heavy atom. The van der Waals surface area contributed by atoms with E-state index in [2.05, 4.69) is 62.4 Å². The summed E-state index contributed by atoms with van der Waals surface area (Å²) in [6.45, 7) is 4.30. The van der Waals surface area contributed by atoms with Crippen LogP contribution in [0.1, 0.15) is 11.1 Å². The fourth-order valence-electron chi connectivity index (χ4n) is 2.92. The summed E-state index contributed by atoms with van der Waals surface area (Å²) in [6.07, 6.45) is 0. The van der Waals surface area contributed by atoms with Crippen LogP contribution in [0, 0.1) is 26.0 Å². The first-order valence-electron chi connectivity index (χ1n) is 6.23. The van der Waals surface area contributed by atoms with Crippen LogP contribution in [-0.4, -0.2) is 0 Å². The average Bonchev–Trinajstić information content (AvgIpc) is 2.40. The second kappa shape index (κ2) is 6.09. The van der Waals surface area contributed by atoms with E-state index in [1.54, 1.807) is 0 Å². The Hall–Kier alpha value is 0.128. The molecule has 2 heteroatoms. The zero-order chi connectivity index (χ0) is 12.3. The molecule has 0 aromatic heterocycles. The Balaban J connectivity index is 0.000000735. The van der Waals surface area contributed by atoms with Gasteiger partial charge in [0.2, 0.25) is 0 Å². The van der Waals surface area contributed by atoms with Gasteiger partial charge in [0.05, 0.1) is 0 Å². The molecule has 0 bridgehead atoms. The largest absolute Gasteiger partial charge is 0.151 e. The minimum absolute atomic E-state index is 0. The fraction of sp³-hybridized carbons (Fsp3) is 0.111. The van der Waals surface area contributed by atoms with Gasteiger partial charge in [-0.25, -0.2) is 0 Å². The molecular weight excluding hydrogens is 394 g/mol. The van der Waals surface area contributed by atoms with E-state index in [1.807, 2.05) is 0 Å². The zero-order valence-corrected chi connectivity index (χ0v) is 17.3. The van der Waals surface area contributed by atoms with Crippen molar-refractivity contribution in [3.05, 3.63) is 59.7 Å². The summed E-state index contributed by atoms with van der Waals surface area (Å²) in [5.74, 6) is 0. The second-order valence-corrected chi connectivity index (χ2v) is 5.01. The van der Waals surface area contributed by atoms with Gasteiger partial charge < -0.3 is 0 Å². The van der Waals surface area contributed by atoms with Crippen LogP contribution >= 0.6 is 0 Å². The molecule has 0 N–H and O–H groups in total. The molecule has 0 fully saturated rings. The molecule has 20 heavy (non-hydrogen) atoms. The number of hydrogen-bond acceptors (Lipinski definition) is 0. The first kappa shape index (κ1) is 16.5. The first-order chi connectivity index (χ1) is 8.75. The van der Waals surface area contributed by atoms with Gasteiger partial charge in [-0.05, 0) is 0 Å². The maximum absolute atomic E-state index is 3.38. The summed E-state index contributed by atoms with van der Waals surface area (Å²) in [5, 5.41) is 7.75. The molecule has 0 aliphatic rings. The van der Waals surface area contributed by atoms with Crippen LogP contribution in [0.2, 0.25) is 0 Å². The van der Waals surface area contributed by atoms with Crippen molar-refractivity contribution in [3.63, 3.8) is 0 Å². The molecule has 0 nitrogen and oxygen atoms in total. The van der Waals surface area contributed by atoms with Gasteiger partial charge in [-0.15, -0.1) is 81.2 Å². The number of hydrogen-bond donors (Lipinski definition) is 0. The van der Waals surface area contributed by atoms with Crippen molar-refractivity contribution in [3.8, 4) is 0 Å². The summed E-state index contributed by atoms with van der Waals surface area (Å²) < 4.78 is 0. The summed E-state index contributed by atoms with van der Waals surface area (Å²) in [4.78, 5) is 0. The van der Waals surface area contributed by atoms with Gasteiger partial charge in [0.1, 0.15) is 0 Å². The molecule has 0 spiro atoms. The van der Waals surface area contributed by atoms with Crippen LogP contribution in [-0.2, 0) is 65.4 Å². The van der Waals surface area contributed by atoms with E-state index >= 15 is 0 Å². The molecule has 0 heterocycles. The van der Waals surface area contributed by atoms with Crippen molar-refractivity contribution in [2.75, 3.05) is 0 Å². The van der Waals surface area contributed by atoms with Crippen molar-refractivity contribution in [1.29, 1.82) is 0 Å². The van der Waals surface area contributed by atoms with Crippen molar-refractivity contribution >= 4 is 32.3 Å². The number of rotatable bonds is 0. The van der Waals surface area contributed by atoms with Crippen molar-refractivity contribution in [1.82, 2.24) is 0 Å². The normalized spacial score (nSPS) is 10.7. The maximum atomic E-state index is 3.38. The van der Waals surface area contributed by atoms with Gasteiger partial charge in [-0.3, -0.25) is 0 Å². The van der Waals surface area contributed by atoms with Gasteiger partial charge in [-0.2, -0.15) is 10.8 Å².